The lowest BCUT2D eigenvalue weighted by molar-refractivity contribution is -0.135. The Morgan fingerprint density at radius 1 is 1.45 bits per heavy atom. The molecule has 2 saturated heterocycles. The number of morpholine rings is 1. The quantitative estimate of drug-likeness (QED) is 0.871. The summed E-state index contributed by atoms with van der Waals surface area (Å²) in [5, 5.41) is 6.22. The largest absolute Gasteiger partial charge is 0.369 e. The van der Waals surface area contributed by atoms with Crippen molar-refractivity contribution in [3.05, 3.63) is 30.1 Å². The molecule has 120 valence electrons. The Balaban J connectivity index is 1.57. The van der Waals surface area contributed by atoms with Gasteiger partial charge in [-0.15, -0.1) is 0 Å². The minimum absolute atomic E-state index is 0.0571. The number of ether oxygens (including phenoxy) is 1. The SMILES string of the molecule is O=C(NC1CCCN(c2cccc(F)c2)C1)C1CNCCO1. The topological polar surface area (TPSA) is 53.6 Å². The summed E-state index contributed by atoms with van der Waals surface area (Å²) >= 11 is 0. The van der Waals surface area contributed by atoms with Crippen LogP contribution in [0.4, 0.5) is 10.1 Å². The van der Waals surface area contributed by atoms with Crippen molar-refractivity contribution in [1.82, 2.24) is 10.6 Å². The molecule has 2 N–H and O–H groups in total. The number of hydrogen-bond acceptors (Lipinski definition) is 4. The maximum absolute atomic E-state index is 13.4. The third-order valence-electron chi connectivity index (χ3n) is 4.16. The van der Waals surface area contributed by atoms with Gasteiger partial charge in [-0.1, -0.05) is 6.07 Å². The van der Waals surface area contributed by atoms with E-state index in [0.717, 1.165) is 31.6 Å². The normalized spacial score (nSPS) is 25.8. The molecule has 2 unspecified atom stereocenters. The van der Waals surface area contributed by atoms with Crippen LogP contribution in [-0.4, -0.2) is 50.8 Å². The van der Waals surface area contributed by atoms with Gasteiger partial charge in [-0.3, -0.25) is 4.79 Å². The van der Waals surface area contributed by atoms with E-state index in [1.807, 2.05) is 6.07 Å². The van der Waals surface area contributed by atoms with Gasteiger partial charge >= 0.3 is 0 Å². The van der Waals surface area contributed by atoms with Gasteiger partial charge in [0.25, 0.3) is 5.91 Å². The van der Waals surface area contributed by atoms with E-state index in [-0.39, 0.29) is 17.8 Å². The zero-order valence-corrected chi connectivity index (χ0v) is 12.6. The van der Waals surface area contributed by atoms with Gasteiger partial charge in [0.2, 0.25) is 0 Å². The number of halogens is 1. The molecular weight excluding hydrogens is 285 g/mol. The van der Waals surface area contributed by atoms with E-state index in [4.69, 9.17) is 4.74 Å². The van der Waals surface area contributed by atoms with E-state index in [0.29, 0.717) is 19.7 Å². The van der Waals surface area contributed by atoms with E-state index in [9.17, 15) is 9.18 Å². The van der Waals surface area contributed by atoms with Gasteiger partial charge in [0, 0.05) is 37.9 Å². The van der Waals surface area contributed by atoms with E-state index >= 15 is 0 Å². The number of benzene rings is 1. The smallest absolute Gasteiger partial charge is 0.250 e. The summed E-state index contributed by atoms with van der Waals surface area (Å²) in [6.45, 7) is 3.51. The number of anilines is 1. The van der Waals surface area contributed by atoms with Crippen molar-refractivity contribution in [1.29, 1.82) is 0 Å². The highest BCUT2D eigenvalue weighted by molar-refractivity contribution is 5.81. The van der Waals surface area contributed by atoms with Crippen LogP contribution in [0.5, 0.6) is 0 Å². The van der Waals surface area contributed by atoms with Crippen molar-refractivity contribution in [3.63, 3.8) is 0 Å². The van der Waals surface area contributed by atoms with Crippen LogP contribution in [0.2, 0.25) is 0 Å². The monoisotopic (exact) mass is 307 g/mol. The first-order valence-corrected chi connectivity index (χ1v) is 7.85. The molecule has 0 spiro atoms. The first-order chi connectivity index (χ1) is 10.7. The van der Waals surface area contributed by atoms with Crippen molar-refractivity contribution in [2.45, 2.75) is 25.0 Å². The zero-order chi connectivity index (χ0) is 15.4. The van der Waals surface area contributed by atoms with Gasteiger partial charge in [0.15, 0.2) is 0 Å². The molecular formula is C16H22FN3O2. The third-order valence-corrected chi connectivity index (χ3v) is 4.16. The van der Waals surface area contributed by atoms with Crippen LogP contribution in [-0.2, 0) is 9.53 Å². The van der Waals surface area contributed by atoms with Crippen LogP contribution in [0, 0.1) is 5.82 Å². The highest BCUT2D eigenvalue weighted by atomic mass is 19.1. The Kier molecular flexibility index (Phi) is 4.90. The summed E-state index contributed by atoms with van der Waals surface area (Å²) < 4.78 is 18.8. The van der Waals surface area contributed by atoms with E-state index in [1.165, 1.54) is 6.07 Å². The van der Waals surface area contributed by atoms with Gasteiger partial charge in [-0.2, -0.15) is 0 Å². The number of piperidine rings is 1. The summed E-state index contributed by atoms with van der Waals surface area (Å²) in [5.41, 5.74) is 0.870. The lowest BCUT2D eigenvalue weighted by Crippen LogP contribution is -2.54. The summed E-state index contributed by atoms with van der Waals surface area (Å²) in [5.74, 6) is -0.288. The molecule has 0 radical (unpaired) electrons. The summed E-state index contributed by atoms with van der Waals surface area (Å²) in [7, 11) is 0. The molecule has 22 heavy (non-hydrogen) atoms. The summed E-state index contributed by atoms with van der Waals surface area (Å²) in [4.78, 5) is 14.3. The van der Waals surface area contributed by atoms with Crippen LogP contribution in [0.15, 0.2) is 24.3 Å². The molecule has 3 rings (SSSR count). The second-order valence-electron chi connectivity index (χ2n) is 5.84. The van der Waals surface area contributed by atoms with Gasteiger partial charge in [0.05, 0.1) is 6.61 Å². The fraction of sp³-hybridized carbons (Fsp3) is 0.562. The van der Waals surface area contributed by atoms with Gasteiger partial charge in [-0.05, 0) is 31.0 Å². The first-order valence-electron chi connectivity index (χ1n) is 7.85. The fourth-order valence-corrected chi connectivity index (χ4v) is 3.03. The molecule has 6 heteroatoms. The van der Waals surface area contributed by atoms with Crippen LogP contribution in [0.3, 0.4) is 0 Å². The van der Waals surface area contributed by atoms with Gasteiger partial charge < -0.3 is 20.3 Å². The Bertz CT molecular complexity index is 520. The summed E-state index contributed by atoms with van der Waals surface area (Å²) in [6, 6.07) is 6.68. The minimum Gasteiger partial charge on any atom is -0.369 e. The number of rotatable bonds is 3. The van der Waals surface area contributed by atoms with Crippen molar-refractivity contribution in [3.8, 4) is 0 Å². The van der Waals surface area contributed by atoms with Crippen molar-refractivity contribution in [2.24, 2.45) is 0 Å². The Morgan fingerprint density at radius 3 is 3.14 bits per heavy atom. The second-order valence-corrected chi connectivity index (χ2v) is 5.84. The number of carbonyl (C=O) groups excluding carboxylic acids is 1. The molecule has 0 aliphatic carbocycles. The minimum atomic E-state index is -0.404. The lowest BCUT2D eigenvalue weighted by atomic mass is 10.0. The van der Waals surface area contributed by atoms with Crippen molar-refractivity contribution < 1.29 is 13.9 Å². The molecule has 2 aliphatic heterocycles. The molecule has 2 heterocycles. The Hall–Kier alpha value is -1.66. The molecule has 1 aromatic rings. The van der Waals surface area contributed by atoms with Crippen LogP contribution >= 0.6 is 0 Å². The molecule has 0 aromatic heterocycles. The Labute approximate surface area is 129 Å². The molecule has 2 fully saturated rings. The summed E-state index contributed by atoms with van der Waals surface area (Å²) in [6.07, 6.45) is 1.52. The predicted molar refractivity (Wildman–Crippen MR) is 82.4 cm³/mol. The van der Waals surface area contributed by atoms with Gasteiger partial charge in [0.1, 0.15) is 11.9 Å². The molecule has 5 nitrogen and oxygen atoms in total. The van der Waals surface area contributed by atoms with Crippen LogP contribution in [0.1, 0.15) is 12.8 Å². The lowest BCUT2D eigenvalue weighted by Gasteiger charge is -2.35. The average molecular weight is 307 g/mol. The molecule has 2 atom stereocenters. The maximum atomic E-state index is 13.4. The van der Waals surface area contributed by atoms with E-state index < -0.39 is 6.10 Å². The molecule has 1 amide bonds. The highest BCUT2D eigenvalue weighted by Gasteiger charge is 2.27. The second kappa shape index (κ2) is 7.07. The number of hydrogen-bond donors (Lipinski definition) is 2. The average Bonchev–Trinajstić information content (AvgIpc) is 2.56. The van der Waals surface area contributed by atoms with Crippen LogP contribution < -0.4 is 15.5 Å². The zero-order valence-electron chi connectivity index (χ0n) is 12.6. The first kappa shape index (κ1) is 15.2. The number of nitrogens with zero attached hydrogens (tertiary/aromatic N) is 1. The number of carbonyl (C=O) groups is 1. The number of nitrogens with one attached hydrogen (secondary N) is 2. The molecule has 1 aromatic carbocycles. The predicted octanol–water partition coefficient (Wildman–Crippen LogP) is 0.899. The maximum Gasteiger partial charge on any atom is 0.250 e. The van der Waals surface area contributed by atoms with Crippen LogP contribution in [0.25, 0.3) is 0 Å². The van der Waals surface area contributed by atoms with Crippen molar-refractivity contribution in [2.75, 3.05) is 37.7 Å². The standard InChI is InChI=1S/C16H22FN3O2/c17-12-3-1-5-14(9-12)20-7-2-4-13(11-20)19-16(21)15-10-18-6-8-22-15/h1,3,5,9,13,15,18H,2,4,6-8,10-11H2,(H,19,21). The van der Waals surface area contributed by atoms with E-state index in [2.05, 4.69) is 15.5 Å². The third kappa shape index (κ3) is 3.75. The molecule has 0 bridgehead atoms. The number of amides is 1. The fourth-order valence-electron chi connectivity index (χ4n) is 3.03. The highest BCUT2D eigenvalue weighted by Crippen LogP contribution is 2.20. The van der Waals surface area contributed by atoms with E-state index in [1.54, 1.807) is 12.1 Å². The van der Waals surface area contributed by atoms with Gasteiger partial charge in [-0.25, -0.2) is 4.39 Å². The van der Waals surface area contributed by atoms with Crippen molar-refractivity contribution >= 4 is 11.6 Å². The molecule has 0 saturated carbocycles. The Morgan fingerprint density at radius 2 is 2.36 bits per heavy atom. The molecule has 2 aliphatic rings.